The quantitative estimate of drug-likeness (QED) is 0.379. The smallest absolute Gasteiger partial charge is 0.290 e. The van der Waals surface area contributed by atoms with Crippen LogP contribution >= 0.6 is 0 Å². The minimum absolute atomic E-state index is 0.0745. The van der Waals surface area contributed by atoms with Crippen molar-refractivity contribution in [2.24, 2.45) is 5.14 Å². The summed E-state index contributed by atoms with van der Waals surface area (Å²) in [4.78, 5) is 7.16. The van der Waals surface area contributed by atoms with E-state index in [0.29, 0.717) is 17.6 Å². The summed E-state index contributed by atoms with van der Waals surface area (Å²) in [6.07, 6.45) is 5.64. The summed E-state index contributed by atoms with van der Waals surface area (Å²) >= 11 is 0. The van der Waals surface area contributed by atoms with Gasteiger partial charge in [-0.3, -0.25) is 0 Å². The Labute approximate surface area is 200 Å². The molecule has 0 saturated carbocycles. The number of nitrogens with one attached hydrogen (secondary N) is 1. The Balaban J connectivity index is 1.39. The number of hydrogen-bond acceptors (Lipinski definition) is 5. The van der Waals surface area contributed by atoms with E-state index in [4.69, 9.17) is 5.14 Å². The highest BCUT2D eigenvalue weighted by Crippen LogP contribution is 2.28. The van der Waals surface area contributed by atoms with E-state index in [9.17, 15) is 8.76 Å². The first kappa shape index (κ1) is 22.7. The second-order valence-electron chi connectivity index (χ2n) is 9.01. The number of nitrogens with zero attached hydrogens (tertiary/aromatic N) is 4. The molecule has 0 amide bonds. The van der Waals surface area contributed by atoms with Crippen LogP contribution in [-0.2, 0) is 20.4 Å². The predicted molar refractivity (Wildman–Crippen MR) is 137 cm³/mol. The van der Waals surface area contributed by atoms with Crippen LogP contribution in [-0.4, -0.2) is 44.3 Å². The molecule has 4 N–H and O–H groups in total. The topological polar surface area (TPSA) is 109 Å². The van der Waals surface area contributed by atoms with Crippen molar-refractivity contribution < 1.29 is 8.76 Å². The Bertz CT molecular complexity index is 1340. The second kappa shape index (κ2) is 8.92. The molecule has 5 rings (SSSR count). The van der Waals surface area contributed by atoms with E-state index < -0.39 is 10.4 Å². The number of anilines is 1. The minimum atomic E-state index is -3.31. The van der Waals surface area contributed by atoms with E-state index >= 15 is 0 Å². The lowest BCUT2D eigenvalue weighted by Gasteiger charge is -2.41. The number of piperazine rings is 1. The molecular formula is C25H29N6O2S+. The Hall–Kier alpha value is -3.11. The zero-order chi connectivity index (χ0) is 23.9. The van der Waals surface area contributed by atoms with Gasteiger partial charge in [-0.1, -0.05) is 36.4 Å². The zero-order valence-corrected chi connectivity index (χ0v) is 20.1. The Kier molecular flexibility index (Phi) is 5.95. The van der Waals surface area contributed by atoms with E-state index in [2.05, 4.69) is 58.4 Å². The molecule has 176 valence electrons. The lowest BCUT2D eigenvalue weighted by molar-refractivity contribution is 0.432. The summed E-state index contributed by atoms with van der Waals surface area (Å²) in [5.41, 5.74) is 6.60. The van der Waals surface area contributed by atoms with Crippen molar-refractivity contribution >= 4 is 21.7 Å². The van der Waals surface area contributed by atoms with Crippen molar-refractivity contribution in [3.05, 3.63) is 72.7 Å². The lowest BCUT2D eigenvalue weighted by Crippen LogP contribution is -2.55. The maximum absolute atomic E-state index is 11.4. The zero-order valence-electron chi connectivity index (χ0n) is 19.3. The van der Waals surface area contributed by atoms with Gasteiger partial charge in [0.05, 0.1) is 6.20 Å². The fourth-order valence-corrected chi connectivity index (χ4v) is 5.38. The highest BCUT2D eigenvalue weighted by molar-refractivity contribution is 7.94. The van der Waals surface area contributed by atoms with Crippen LogP contribution < -0.4 is 15.4 Å². The third kappa shape index (κ3) is 4.60. The molecule has 0 spiro atoms. The standard InChI is InChI=1S/C25H28N6O2S/c1-17-11-27-12-18(2)31(17)23-9-7-20(8-10-23)22-13-28-25-24(14-29-30(25)15-22)21-5-3-19(4-6-21)16-34(26,32)33/h3-10,13-15,17-18,27H,11-12,16H2,1-2H3,(H2-,26,32,33)/p+1/t17-,18+. The Morgan fingerprint density at radius 1 is 1.00 bits per heavy atom. The van der Waals surface area contributed by atoms with Crippen LogP contribution in [0, 0.1) is 0 Å². The van der Waals surface area contributed by atoms with Crippen molar-refractivity contribution in [3.8, 4) is 22.3 Å². The summed E-state index contributed by atoms with van der Waals surface area (Å²) in [5.74, 6) is -0.0745. The SMILES string of the molecule is C[C@@H]1CNC[C@H](C)N1c1ccc(-c2cnc3c(-c4ccc(C[S+](N)(=O)O)cc4)cnn3c2)cc1. The molecule has 9 heteroatoms. The summed E-state index contributed by atoms with van der Waals surface area (Å²) in [7, 11) is -3.31. The predicted octanol–water partition coefficient (Wildman–Crippen LogP) is 3.60. The molecule has 1 fully saturated rings. The van der Waals surface area contributed by atoms with Crippen LogP contribution in [0.2, 0.25) is 0 Å². The first-order valence-corrected chi connectivity index (χ1v) is 13.1. The molecule has 2 aromatic carbocycles. The van der Waals surface area contributed by atoms with Crippen molar-refractivity contribution in [2.75, 3.05) is 18.0 Å². The van der Waals surface area contributed by atoms with E-state index in [1.807, 2.05) is 24.5 Å². The fraction of sp³-hybridized carbons (Fsp3) is 0.280. The van der Waals surface area contributed by atoms with Gasteiger partial charge in [-0.15, -0.1) is 5.14 Å². The summed E-state index contributed by atoms with van der Waals surface area (Å²) in [6.45, 7) is 6.48. The van der Waals surface area contributed by atoms with Gasteiger partial charge >= 0.3 is 0 Å². The number of fused-ring (bicyclic) bond motifs is 1. The monoisotopic (exact) mass is 477 g/mol. The van der Waals surface area contributed by atoms with Gasteiger partial charge in [0.2, 0.25) is 0 Å². The summed E-state index contributed by atoms with van der Waals surface area (Å²) < 4.78 is 22.6. The third-order valence-electron chi connectivity index (χ3n) is 6.32. The maximum atomic E-state index is 11.4. The number of nitrogens with two attached hydrogens (primary N) is 1. The largest absolute Gasteiger partial charge is 0.364 e. The first-order valence-electron chi connectivity index (χ1n) is 11.3. The third-order valence-corrected chi connectivity index (χ3v) is 7.07. The Morgan fingerprint density at radius 3 is 2.29 bits per heavy atom. The molecule has 3 heterocycles. The Morgan fingerprint density at radius 2 is 1.65 bits per heavy atom. The molecule has 1 aliphatic rings. The van der Waals surface area contributed by atoms with Crippen LogP contribution in [0.15, 0.2) is 67.1 Å². The highest BCUT2D eigenvalue weighted by Gasteiger charge is 2.24. The van der Waals surface area contributed by atoms with Crippen LogP contribution in [0.4, 0.5) is 5.69 Å². The van der Waals surface area contributed by atoms with Gasteiger partial charge in [0.15, 0.2) is 11.4 Å². The van der Waals surface area contributed by atoms with Crippen LogP contribution in [0.3, 0.4) is 0 Å². The van der Waals surface area contributed by atoms with E-state index in [-0.39, 0.29) is 5.75 Å². The van der Waals surface area contributed by atoms with Gasteiger partial charge in [0.25, 0.3) is 10.4 Å². The highest BCUT2D eigenvalue weighted by atomic mass is 32.3. The minimum Gasteiger partial charge on any atom is -0.364 e. The number of hydrogen-bond donors (Lipinski definition) is 3. The van der Waals surface area contributed by atoms with Crippen molar-refractivity contribution in [2.45, 2.75) is 31.7 Å². The first-order chi connectivity index (χ1) is 16.3. The van der Waals surface area contributed by atoms with Gasteiger partial charge in [0.1, 0.15) is 0 Å². The van der Waals surface area contributed by atoms with Crippen molar-refractivity contribution in [1.29, 1.82) is 0 Å². The molecule has 1 saturated heterocycles. The molecule has 0 radical (unpaired) electrons. The van der Waals surface area contributed by atoms with Gasteiger partial charge in [-0.2, -0.15) is 9.65 Å². The molecule has 3 atom stereocenters. The van der Waals surface area contributed by atoms with E-state index in [1.54, 1.807) is 22.8 Å². The van der Waals surface area contributed by atoms with Gasteiger partial charge in [0, 0.05) is 59.9 Å². The molecule has 1 unspecified atom stereocenters. The number of benzene rings is 2. The summed E-state index contributed by atoms with van der Waals surface area (Å²) in [6, 6.07) is 16.9. The van der Waals surface area contributed by atoms with Crippen LogP contribution in [0.1, 0.15) is 19.4 Å². The van der Waals surface area contributed by atoms with Crippen LogP contribution in [0.5, 0.6) is 0 Å². The van der Waals surface area contributed by atoms with Crippen molar-refractivity contribution in [3.63, 3.8) is 0 Å². The van der Waals surface area contributed by atoms with Crippen LogP contribution in [0.25, 0.3) is 27.9 Å². The molecule has 34 heavy (non-hydrogen) atoms. The van der Waals surface area contributed by atoms with Gasteiger partial charge < -0.3 is 10.2 Å². The second-order valence-corrected chi connectivity index (χ2v) is 10.7. The van der Waals surface area contributed by atoms with E-state index in [1.165, 1.54) is 5.69 Å². The maximum Gasteiger partial charge on any atom is 0.290 e. The molecule has 0 bridgehead atoms. The fourth-order valence-electron chi connectivity index (χ4n) is 4.71. The average Bonchev–Trinajstić information content (AvgIpc) is 3.22. The molecule has 4 aromatic rings. The molecule has 1 aliphatic heterocycles. The lowest BCUT2D eigenvalue weighted by atomic mass is 10.0. The molecule has 8 nitrogen and oxygen atoms in total. The normalized spacial score (nSPS) is 20.4. The van der Waals surface area contributed by atoms with E-state index in [0.717, 1.165) is 41.0 Å². The molecule has 2 aromatic heterocycles. The van der Waals surface area contributed by atoms with Crippen molar-refractivity contribution in [1.82, 2.24) is 19.9 Å². The molecule has 0 aliphatic carbocycles. The number of rotatable bonds is 5. The number of aromatic nitrogens is 3. The van der Waals surface area contributed by atoms with Gasteiger partial charge in [-0.05, 0) is 41.3 Å². The molecular weight excluding hydrogens is 448 g/mol. The summed E-state index contributed by atoms with van der Waals surface area (Å²) in [5, 5.41) is 13.2. The van der Waals surface area contributed by atoms with Gasteiger partial charge in [-0.25, -0.2) is 9.50 Å². The average molecular weight is 478 g/mol.